The maximum atomic E-state index is 2.37. The fourth-order valence-corrected chi connectivity index (χ4v) is 8.24. The molecule has 0 radical (unpaired) electrons. The highest BCUT2D eigenvalue weighted by atomic mass is 15.1. The van der Waals surface area contributed by atoms with Gasteiger partial charge in [-0.25, -0.2) is 0 Å². The Kier molecular flexibility index (Phi) is 9.83. The Hall–Kier alpha value is -6.38. The smallest absolute Gasteiger partial charge is 0.0470 e. The van der Waals surface area contributed by atoms with Gasteiger partial charge in [0.15, 0.2) is 0 Å². The van der Waals surface area contributed by atoms with Crippen molar-refractivity contribution in [1.82, 2.24) is 0 Å². The van der Waals surface area contributed by atoms with E-state index in [-0.39, 0.29) is 0 Å². The van der Waals surface area contributed by atoms with Crippen molar-refractivity contribution in [2.24, 2.45) is 0 Å². The van der Waals surface area contributed by atoms with E-state index in [1.54, 1.807) is 0 Å². The van der Waals surface area contributed by atoms with Crippen LogP contribution in [0.3, 0.4) is 0 Å². The molecule has 2 nitrogen and oxygen atoms in total. The minimum absolute atomic E-state index is 1.15. The lowest BCUT2D eigenvalue weighted by Gasteiger charge is -2.27. The molecule has 0 bridgehead atoms. The van der Waals surface area contributed by atoms with Crippen LogP contribution in [0.25, 0.3) is 33.7 Å². The summed E-state index contributed by atoms with van der Waals surface area (Å²) in [6.45, 7) is 17.6. The van der Waals surface area contributed by atoms with E-state index in [4.69, 9.17) is 0 Å². The topological polar surface area (TPSA) is 6.48 Å². The lowest BCUT2D eigenvalue weighted by atomic mass is 9.93. The Bertz CT molecular complexity index is 2450. The van der Waals surface area contributed by atoms with E-state index in [2.05, 4.69) is 223 Å². The number of hydrogen-bond acceptors (Lipinski definition) is 2. The third-order valence-corrected chi connectivity index (χ3v) is 11.3. The summed E-state index contributed by atoms with van der Waals surface area (Å²) in [5.41, 5.74) is 19.6. The number of nitrogens with zero attached hydrogens (tertiary/aromatic N) is 2. The van der Waals surface area contributed by atoms with Crippen LogP contribution in [-0.2, 0) is 0 Å². The molecule has 0 saturated carbocycles. The standard InChI is InChI=1S/C54H50N2/c1-35-9-23-47(24-10-35)55(48-25-11-36(2)12-26-48)51-31-39(5)53-41(7)43(19-21-45(53)33-51)17-18-44-20-22-46-34-52(32-40(6)54(46)42(44)8)56(49-27-13-37(3)14-28-49)50-29-15-38(4)16-30-50/h9-34H,1-8H3/b18-17+. The molecule has 8 rings (SSSR count). The minimum Gasteiger partial charge on any atom is -0.310 e. The lowest BCUT2D eigenvalue weighted by molar-refractivity contribution is 1.26. The number of benzene rings is 8. The van der Waals surface area contributed by atoms with E-state index >= 15 is 0 Å². The molecule has 8 aromatic carbocycles. The molecule has 0 aromatic heterocycles. The molecule has 0 saturated heterocycles. The van der Waals surface area contributed by atoms with Gasteiger partial charge in [0.25, 0.3) is 0 Å². The van der Waals surface area contributed by atoms with E-state index in [0.717, 1.165) is 34.1 Å². The highest BCUT2D eigenvalue weighted by Gasteiger charge is 2.17. The van der Waals surface area contributed by atoms with Gasteiger partial charge in [-0.2, -0.15) is 0 Å². The molecule has 0 fully saturated rings. The second-order valence-electron chi connectivity index (χ2n) is 15.6. The van der Waals surface area contributed by atoms with Crippen LogP contribution in [0.5, 0.6) is 0 Å². The van der Waals surface area contributed by atoms with Gasteiger partial charge >= 0.3 is 0 Å². The van der Waals surface area contributed by atoms with Gasteiger partial charge in [-0.1, -0.05) is 107 Å². The monoisotopic (exact) mass is 726 g/mol. The van der Waals surface area contributed by atoms with Crippen molar-refractivity contribution in [2.75, 3.05) is 9.80 Å². The first-order valence-electron chi connectivity index (χ1n) is 19.7. The molecular weight excluding hydrogens is 677 g/mol. The Morgan fingerprint density at radius 1 is 0.304 bits per heavy atom. The highest BCUT2D eigenvalue weighted by Crippen LogP contribution is 2.41. The van der Waals surface area contributed by atoms with Crippen LogP contribution < -0.4 is 9.80 Å². The summed E-state index contributed by atoms with van der Waals surface area (Å²) in [6, 6.07) is 53.7. The third kappa shape index (κ3) is 7.11. The highest BCUT2D eigenvalue weighted by molar-refractivity contribution is 5.98. The van der Waals surface area contributed by atoms with Crippen LogP contribution in [0.2, 0.25) is 0 Å². The van der Waals surface area contributed by atoms with Crippen LogP contribution in [0, 0.1) is 55.4 Å². The fraction of sp³-hybridized carbons (Fsp3) is 0.148. The van der Waals surface area contributed by atoms with Gasteiger partial charge in [-0.15, -0.1) is 0 Å². The van der Waals surface area contributed by atoms with Crippen molar-refractivity contribution in [3.05, 3.63) is 201 Å². The van der Waals surface area contributed by atoms with Crippen LogP contribution in [0.1, 0.15) is 55.6 Å². The van der Waals surface area contributed by atoms with E-state index in [9.17, 15) is 0 Å². The zero-order valence-electron chi connectivity index (χ0n) is 33.9. The lowest BCUT2D eigenvalue weighted by Crippen LogP contribution is -2.10. The molecule has 0 aliphatic carbocycles. The average molecular weight is 727 g/mol. The van der Waals surface area contributed by atoms with E-state index in [0.29, 0.717) is 0 Å². The maximum absolute atomic E-state index is 2.37. The van der Waals surface area contributed by atoms with Crippen molar-refractivity contribution in [3.63, 3.8) is 0 Å². The summed E-state index contributed by atoms with van der Waals surface area (Å²) < 4.78 is 0. The Morgan fingerprint density at radius 2 is 0.589 bits per heavy atom. The summed E-state index contributed by atoms with van der Waals surface area (Å²) in [6.07, 6.45) is 4.59. The van der Waals surface area contributed by atoms with Gasteiger partial charge in [-0.05, 0) is 183 Å². The number of fused-ring (bicyclic) bond motifs is 2. The SMILES string of the molecule is Cc1ccc(N(c2ccc(C)cc2)c2cc(C)c3c(C)c(/C=C/c4ccc5cc(N(c6ccc(C)cc6)c6ccc(C)cc6)cc(C)c5c4C)ccc3c2)cc1. The quantitative estimate of drug-likeness (QED) is 0.144. The predicted molar refractivity (Wildman–Crippen MR) is 244 cm³/mol. The Morgan fingerprint density at radius 3 is 0.875 bits per heavy atom. The van der Waals surface area contributed by atoms with Gasteiger partial charge in [0, 0.05) is 34.1 Å². The fourth-order valence-electron chi connectivity index (χ4n) is 8.24. The molecule has 2 heteroatoms. The van der Waals surface area contributed by atoms with Crippen LogP contribution >= 0.6 is 0 Å². The first kappa shape index (κ1) is 36.6. The summed E-state index contributed by atoms with van der Waals surface area (Å²) >= 11 is 0. The second-order valence-corrected chi connectivity index (χ2v) is 15.6. The van der Waals surface area contributed by atoms with Gasteiger partial charge in [0.05, 0.1) is 0 Å². The molecular formula is C54H50N2. The van der Waals surface area contributed by atoms with E-state index in [1.165, 1.54) is 77.2 Å². The molecule has 0 aliphatic heterocycles. The largest absolute Gasteiger partial charge is 0.310 e. The first-order valence-corrected chi connectivity index (χ1v) is 19.7. The Labute approximate surface area is 333 Å². The zero-order valence-corrected chi connectivity index (χ0v) is 33.9. The zero-order chi connectivity index (χ0) is 39.1. The van der Waals surface area contributed by atoms with Gasteiger partial charge in [-0.3, -0.25) is 0 Å². The van der Waals surface area contributed by atoms with Crippen molar-refractivity contribution < 1.29 is 0 Å². The summed E-state index contributed by atoms with van der Waals surface area (Å²) in [5, 5.41) is 5.12. The number of aryl methyl sites for hydroxylation is 8. The summed E-state index contributed by atoms with van der Waals surface area (Å²) in [4.78, 5) is 4.73. The molecule has 0 unspecified atom stereocenters. The molecule has 0 amide bonds. The van der Waals surface area contributed by atoms with Crippen LogP contribution in [-0.4, -0.2) is 0 Å². The van der Waals surface area contributed by atoms with E-state index in [1.807, 2.05) is 0 Å². The van der Waals surface area contributed by atoms with Crippen molar-refractivity contribution in [3.8, 4) is 0 Å². The normalized spacial score (nSPS) is 11.5. The molecule has 0 spiro atoms. The molecule has 8 aromatic rings. The summed E-state index contributed by atoms with van der Waals surface area (Å²) in [5.74, 6) is 0. The number of hydrogen-bond donors (Lipinski definition) is 0. The summed E-state index contributed by atoms with van der Waals surface area (Å²) in [7, 11) is 0. The minimum atomic E-state index is 1.15. The molecule has 276 valence electrons. The van der Waals surface area contributed by atoms with Gasteiger partial charge < -0.3 is 9.80 Å². The first-order chi connectivity index (χ1) is 27.0. The Balaban J connectivity index is 1.14. The van der Waals surface area contributed by atoms with Crippen molar-refractivity contribution in [1.29, 1.82) is 0 Å². The van der Waals surface area contributed by atoms with Gasteiger partial charge in [0.2, 0.25) is 0 Å². The van der Waals surface area contributed by atoms with Crippen molar-refractivity contribution in [2.45, 2.75) is 55.4 Å². The van der Waals surface area contributed by atoms with Gasteiger partial charge in [0.1, 0.15) is 0 Å². The molecule has 0 aliphatic rings. The molecule has 56 heavy (non-hydrogen) atoms. The molecule has 0 heterocycles. The predicted octanol–water partition coefficient (Wildman–Crippen LogP) is 15.6. The number of rotatable bonds is 8. The average Bonchev–Trinajstić information content (AvgIpc) is 3.18. The van der Waals surface area contributed by atoms with Crippen LogP contribution in [0.15, 0.2) is 146 Å². The molecule has 0 atom stereocenters. The third-order valence-electron chi connectivity index (χ3n) is 11.3. The number of anilines is 6. The van der Waals surface area contributed by atoms with Crippen molar-refractivity contribution >= 4 is 67.8 Å². The van der Waals surface area contributed by atoms with Crippen LogP contribution in [0.4, 0.5) is 34.1 Å². The second kappa shape index (κ2) is 15.0. The maximum Gasteiger partial charge on any atom is 0.0470 e. The van der Waals surface area contributed by atoms with E-state index < -0.39 is 0 Å². The molecule has 0 N–H and O–H groups in total.